The molecule has 0 aliphatic rings. The molecule has 2 amide bonds. The fourth-order valence-corrected chi connectivity index (χ4v) is 1.93. The van der Waals surface area contributed by atoms with Crippen LogP contribution >= 0.6 is 0 Å². The number of hydrogen-bond acceptors (Lipinski definition) is 3. The normalized spacial score (nSPS) is 10.0. The Morgan fingerprint density at radius 3 is 2.14 bits per heavy atom. The van der Waals surface area contributed by atoms with Gasteiger partial charge in [-0.1, -0.05) is 17.7 Å². The molecule has 0 atom stereocenters. The molecule has 0 spiro atoms. The van der Waals surface area contributed by atoms with Crippen molar-refractivity contribution in [1.29, 1.82) is 0 Å². The third-order valence-electron chi connectivity index (χ3n) is 3.05. The van der Waals surface area contributed by atoms with Crippen LogP contribution in [0.1, 0.15) is 31.8 Å². The Hall–Kier alpha value is -2.82. The van der Waals surface area contributed by atoms with E-state index < -0.39 is 5.91 Å². The summed E-state index contributed by atoms with van der Waals surface area (Å²) < 4.78 is 0. The summed E-state index contributed by atoms with van der Waals surface area (Å²) in [6.45, 7) is 3.78. The number of hydrazine groups is 1. The topological polar surface area (TPSA) is 78.4 Å². The SMILES string of the molecule is Cc1ccc(C(=O)NNC(=O)c2ccc(O)cc2)c(C)c1. The first-order chi connectivity index (χ1) is 9.97. The Morgan fingerprint density at radius 2 is 1.52 bits per heavy atom. The van der Waals surface area contributed by atoms with Crippen molar-refractivity contribution in [2.75, 3.05) is 0 Å². The lowest BCUT2D eigenvalue weighted by molar-refractivity contribution is 0.0846. The van der Waals surface area contributed by atoms with E-state index in [0.29, 0.717) is 11.1 Å². The number of carbonyl (C=O) groups is 2. The van der Waals surface area contributed by atoms with Crippen LogP contribution in [-0.4, -0.2) is 16.9 Å². The van der Waals surface area contributed by atoms with E-state index in [9.17, 15) is 9.59 Å². The molecule has 0 saturated heterocycles. The maximum atomic E-state index is 12.0. The summed E-state index contributed by atoms with van der Waals surface area (Å²) in [5.74, 6) is -0.751. The van der Waals surface area contributed by atoms with Gasteiger partial charge in [0.15, 0.2) is 0 Å². The lowest BCUT2D eigenvalue weighted by atomic mass is 10.1. The highest BCUT2D eigenvalue weighted by Gasteiger charge is 2.11. The van der Waals surface area contributed by atoms with Gasteiger partial charge in [0.2, 0.25) is 0 Å². The molecular weight excluding hydrogens is 268 g/mol. The van der Waals surface area contributed by atoms with Gasteiger partial charge in [-0.25, -0.2) is 0 Å². The molecule has 108 valence electrons. The van der Waals surface area contributed by atoms with Gasteiger partial charge in [0.1, 0.15) is 5.75 Å². The molecule has 0 aromatic heterocycles. The van der Waals surface area contributed by atoms with Crippen LogP contribution in [-0.2, 0) is 0 Å². The van der Waals surface area contributed by atoms with Crippen molar-refractivity contribution in [3.63, 3.8) is 0 Å². The van der Waals surface area contributed by atoms with Gasteiger partial charge in [-0.15, -0.1) is 0 Å². The van der Waals surface area contributed by atoms with Crippen LogP contribution in [0.15, 0.2) is 42.5 Å². The Morgan fingerprint density at radius 1 is 0.905 bits per heavy atom. The van der Waals surface area contributed by atoms with Gasteiger partial charge in [0.25, 0.3) is 11.8 Å². The molecule has 3 N–H and O–H groups in total. The first-order valence-electron chi connectivity index (χ1n) is 6.44. The average Bonchev–Trinajstić information content (AvgIpc) is 2.45. The van der Waals surface area contributed by atoms with Crippen molar-refractivity contribution in [2.24, 2.45) is 0 Å². The van der Waals surface area contributed by atoms with Crippen LogP contribution < -0.4 is 10.9 Å². The van der Waals surface area contributed by atoms with Gasteiger partial charge >= 0.3 is 0 Å². The van der Waals surface area contributed by atoms with E-state index in [1.54, 1.807) is 6.07 Å². The third-order valence-corrected chi connectivity index (χ3v) is 3.05. The number of hydrogen-bond donors (Lipinski definition) is 3. The number of nitrogens with one attached hydrogen (secondary N) is 2. The molecule has 0 heterocycles. The van der Waals surface area contributed by atoms with E-state index in [0.717, 1.165) is 11.1 Å². The minimum Gasteiger partial charge on any atom is -0.508 e. The summed E-state index contributed by atoms with van der Waals surface area (Å²) in [5, 5.41) is 9.16. The summed E-state index contributed by atoms with van der Waals surface area (Å²) >= 11 is 0. The van der Waals surface area contributed by atoms with E-state index >= 15 is 0 Å². The van der Waals surface area contributed by atoms with Crippen molar-refractivity contribution in [3.8, 4) is 5.75 Å². The Bertz CT molecular complexity index is 678. The zero-order valence-electron chi connectivity index (χ0n) is 11.8. The second kappa shape index (κ2) is 6.09. The molecule has 0 unspecified atom stereocenters. The van der Waals surface area contributed by atoms with Crippen LogP contribution in [0, 0.1) is 13.8 Å². The quantitative estimate of drug-likeness (QED) is 0.739. The smallest absolute Gasteiger partial charge is 0.269 e. The van der Waals surface area contributed by atoms with Crippen LogP contribution in [0.2, 0.25) is 0 Å². The third kappa shape index (κ3) is 3.60. The second-order valence-electron chi connectivity index (χ2n) is 4.77. The molecule has 0 aliphatic carbocycles. The average molecular weight is 284 g/mol. The van der Waals surface area contributed by atoms with Crippen molar-refractivity contribution < 1.29 is 14.7 Å². The highest BCUT2D eigenvalue weighted by Crippen LogP contribution is 2.11. The minimum absolute atomic E-state index is 0.0749. The minimum atomic E-state index is -0.451. The molecule has 21 heavy (non-hydrogen) atoms. The van der Waals surface area contributed by atoms with E-state index in [1.807, 2.05) is 26.0 Å². The standard InChI is InChI=1S/C16H16N2O3/c1-10-3-8-14(11(2)9-10)16(21)18-17-15(20)12-4-6-13(19)7-5-12/h3-9,19H,1-2H3,(H,17,20)(H,18,21). The van der Waals surface area contributed by atoms with Crippen molar-refractivity contribution in [3.05, 3.63) is 64.7 Å². The Balaban J connectivity index is 2.00. The first-order valence-corrected chi connectivity index (χ1v) is 6.44. The summed E-state index contributed by atoms with van der Waals surface area (Å²) in [4.78, 5) is 23.8. The highest BCUT2D eigenvalue weighted by atomic mass is 16.3. The molecular formula is C16H16N2O3. The fourth-order valence-electron chi connectivity index (χ4n) is 1.93. The maximum Gasteiger partial charge on any atom is 0.269 e. The number of benzene rings is 2. The predicted molar refractivity (Wildman–Crippen MR) is 79.0 cm³/mol. The fraction of sp³-hybridized carbons (Fsp3) is 0.125. The molecule has 0 fully saturated rings. The van der Waals surface area contributed by atoms with E-state index in [4.69, 9.17) is 5.11 Å². The van der Waals surface area contributed by atoms with Crippen LogP contribution in [0.5, 0.6) is 5.75 Å². The summed E-state index contributed by atoms with van der Waals surface area (Å²) in [7, 11) is 0. The van der Waals surface area contributed by atoms with E-state index in [-0.39, 0.29) is 11.7 Å². The zero-order chi connectivity index (χ0) is 15.4. The van der Waals surface area contributed by atoms with Crippen molar-refractivity contribution in [2.45, 2.75) is 13.8 Å². The number of phenolic OH excluding ortho intramolecular Hbond substituents is 1. The monoisotopic (exact) mass is 284 g/mol. The van der Waals surface area contributed by atoms with Gasteiger partial charge in [0, 0.05) is 11.1 Å². The molecule has 2 aromatic carbocycles. The number of amides is 2. The van der Waals surface area contributed by atoms with Gasteiger partial charge in [0.05, 0.1) is 0 Å². The first kappa shape index (κ1) is 14.6. The summed E-state index contributed by atoms with van der Waals surface area (Å²) in [5.41, 5.74) is 7.46. The van der Waals surface area contributed by atoms with Crippen molar-refractivity contribution in [1.82, 2.24) is 10.9 Å². The maximum absolute atomic E-state index is 12.0. The van der Waals surface area contributed by atoms with Gasteiger partial charge in [-0.2, -0.15) is 0 Å². The van der Waals surface area contributed by atoms with E-state index in [1.165, 1.54) is 24.3 Å². The highest BCUT2D eigenvalue weighted by molar-refractivity contribution is 5.99. The number of rotatable bonds is 2. The molecule has 2 rings (SSSR count). The molecule has 0 radical (unpaired) electrons. The van der Waals surface area contributed by atoms with Crippen LogP contribution in [0.25, 0.3) is 0 Å². The summed E-state index contributed by atoms with van der Waals surface area (Å²) in [6, 6.07) is 11.2. The largest absolute Gasteiger partial charge is 0.508 e. The predicted octanol–water partition coefficient (Wildman–Crippen LogP) is 2.08. The lowest BCUT2D eigenvalue weighted by Crippen LogP contribution is -2.41. The zero-order valence-corrected chi connectivity index (χ0v) is 11.8. The second-order valence-corrected chi connectivity index (χ2v) is 4.77. The van der Waals surface area contributed by atoms with Crippen LogP contribution in [0.4, 0.5) is 0 Å². The number of phenols is 1. The number of aryl methyl sites for hydroxylation is 2. The molecule has 0 bridgehead atoms. The Labute approximate surface area is 122 Å². The number of aromatic hydroxyl groups is 1. The molecule has 0 saturated carbocycles. The van der Waals surface area contributed by atoms with Gasteiger partial charge in [-0.05, 0) is 49.7 Å². The molecule has 0 aliphatic heterocycles. The van der Waals surface area contributed by atoms with Crippen LogP contribution in [0.3, 0.4) is 0 Å². The number of carbonyl (C=O) groups excluding carboxylic acids is 2. The Kier molecular flexibility index (Phi) is 4.23. The molecule has 5 nitrogen and oxygen atoms in total. The summed E-state index contributed by atoms with van der Waals surface area (Å²) in [6.07, 6.45) is 0. The van der Waals surface area contributed by atoms with E-state index in [2.05, 4.69) is 10.9 Å². The van der Waals surface area contributed by atoms with Gasteiger partial charge < -0.3 is 5.11 Å². The molecule has 2 aromatic rings. The van der Waals surface area contributed by atoms with Gasteiger partial charge in [-0.3, -0.25) is 20.4 Å². The molecule has 5 heteroatoms. The van der Waals surface area contributed by atoms with Crippen molar-refractivity contribution >= 4 is 11.8 Å². The lowest BCUT2D eigenvalue weighted by Gasteiger charge is -2.09.